The molecule has 1 heterocycles. The van der Waals surface area contributed by atoms with Crippen molar-refractivity contribution in [3.8, 4) is 5.75 Å². The molecule has 4 heteroatoms. The van der Waals surface area contributed by atoms with Crippen molar-refractivity contribution < 1.29 is 4.74 Å². The molecule has 1 saturated carbocycles. The molecule has 3 nitrogen and oxygen atoms in total. The number of alkyl halides is 1. The van der Waals surface area contributed by atoms with Gasteiger partial charge in [-0.05, 0) is 44.7 Å². The Labute approximate surface area is 124 Å². The number of benzene rings is 1. The molecule has 1 fully saturated rings. The molecule has 0 spiro atoms. The second kappa shape index (κ2) is 4.96. The highest BCUT2D eigenvalue weighted by Crippen LogP contribution is 2.46. The highest BCUT2D eigenvalue weighted by Gasteiger charge is 2.40. The molecule has 0 N–H and O–H groups in total. The van der Waals surface area contributed by atoms with Crippen LogP contribution < -0.4 is 4.74 Å². The Balaban J connectivity index is 2.27. The van der Waals surface area contributed by atoms with Crippen LogP contribution in [0.5, 0.6) is 5.75 Å². The Morgan fingerprint density at radius 2 is 2.20 bits per heavy atom. The lowest BCUT2D eigenvalue weighted by Crippen LogP contribution is -2.41. The molecule has 0 radical (unpaired) electrons. The molecule has 1 aliphatic rings. The van der Waals surface area contributed by atoms with E-state index >= 15 is 0 Å². The molecule has 0 bridgehead atoms. The van der Waals surface area contributed by atoms with Gasteiger partial charge in [-0.2, -0.15) is 0 Å². The molecule has 1 atom stereocenters. The lowest BCUT2D eigenvalue weighted by Gasteiger charge is -2.44. The number of rotatable bonds is 4. The van der Waals surface area contributed by atoms with Crippen LogP contribution in [0.15, 0.2) is 18.2 Å². The van der Waals surface area contributed by atoms with E-state index < -0.39 is 0 Å². The number of halogens is 1. The van der Waals surface area contributed by atoms with Crippen LogP contribution in [-0.4, -0.2) is 16.7 Å². The van der Waals surface area contributed by atoms with E-state index in [1.807, 2.05) is 19.1 Å². The first-order valence-electron chi connectivity index (χ1n) is 7.32. The van der Waals surface area contributed by atoms with Gasteiger partial charge in [0.1, 0.15) is 11.6 Å². The zero-order chi connectivity index (χ0) is 14.3. The number of nitrogens with zero attached hydrogens (tertiary/aromatic N) is 2. The maximum atomic E-state index is 6.38. The second-order valence-electron chi connectivity index (χ2n) is 5.71. The number of hydrogen-bond donors (Lipinski definition) is 0. The molecule has 0 amide bonds. The molecule has 1 aromatic heterocycles. The van der Waals surface area contributed by atoms with E-state index in [2.05, 4.69) is 17.6 Å². The van der Waals surface area contributed by atoms with Gasteiger partial charge in [-0.3, -0.25) is 0 Å². The van der Waals surface area contributed by atoms with E-state index in [4.69, 9.17) is 21.3 Å². The van der Waals surface area contributed by atoms with E-state index in [1.54, 1.807) is 7.11 Å². The van der Waals surface area contributed by atoms with Crippen LogP contribution >= 0.6 is 11.6 Å². The minimum absolute atomic E-state index is 0.0857. The van der Waals surface area contributed by atoms with E-state index in [0.29, 0.717) is 0 Å². The van der Waals surface area contributed by atoms with Crippen molar-refractivity contribution in [2.75, 3.05) is 7.11 Å². The predicted molar refractivity (Wildman–Crippen MR) is 82.7 cm³/mol. The smallest absolute Gasteiger partial charge is 0.128 e. The molecule has 3 rings (SSSR count). The van der Waals surface area contributed by atoms with Gasteiger partial charge in [0.25, 0.3) is 0 Å². The van der Waals surface area contributed by atoms with Crippen molar-refractivity contribution in [3.05, 3.63) is 24.0 Å². The van der Waals surface area contributed by atoms with Gasteiger partial charge in [0, 0.05) is 11.6 Å². The zero-order valence-electron chi connectivity index (χ0n) is 12.3. The van der Waals surface area contributed by atoms with Gasteiger partial charge in [-0.15, -0.1) is 11.6 Å². The maximum absolute atomic E-state index is 6.38. The molecule has 0 aliphatic heterocycles. The normalized spacial score (nSPS) is 18.8. The van der Waals surface area contributed by atoms with Crippen LogP contribution in [0.2, 0.25) is 0 Å². The third-order valence-corrected chi connectivity index (χ3v) is 4.86. The van der Waals surface area contributed by atoms with Gasteiger partial charge < -0.3 is 9.30 Å². The molecule has 108 valence electrons. The maximum Gasteiger partial charge on any atom is 0.128 e. The lowest BCUT2D eigenvalue weighted by molar-refractivity contribution is 0.137. The summed E-state index contributed by atoms with van der Waals surface area (Å²) < 4.78 is 7.75. The monoisotopic (exact) mass is 292 g/mol. The van der Waals surface area contributed by atoms with Crippen molar-refractivity contribution >= 4 is 22.6 Å². The molecule has 1 aliphatic carbocycles. The summed E-state index contributed by atoms with van der Waals surface area (Å²) in [6.45, 7) is 4.26. The number of hydrogen-bond acceptors (Lipinski definition) is 2. The Kier molecular flexibility index (Phi) is 3.41. The number of methoxy groups -OCH3 is 1. The standard InChI is InChI=1S/C16H21ClN2O/c1-4-16(8-5-9-16)19-14-10-12(20-3)6-7-13(14)18-15(19)11(2)17/h6-7,10-11H,4-5,8-9H2,1-3H3. The third-order valence-electron chi connectivity index (χ3n) is 4.66. The van der Waals surface area contributed by atoms with Crippen LogP contribution in [0, 0.1) is 0 Å². The Morgan fingerprint density at radius 3 is 2.70 bits per heavy atom. The fourth-order valence-electron chi connectivity index (χ4n) is 3.29. The summed E-state index contributed by atoms with van der Waals surface area (Å²) in [5.41, 5.74) is 2.35. The Hall–Kier alpha value is -1.22. The first-order chi connectivity index (χ1) is 9.61. The summed E-state index contributed by atoms with van der Waals surface area (Å²) in [5.74, 6) is 1.86. The van der Waals surface area contributed by atoms with Crippen molar-refractivity contribution in [2.45, 2.75) is 50.4 Å². The van der Waals surface area contributed by atoms with E-state index in [0.717, 1.165) is 29.0 Å². The quantitative estimate of drug-likeness (QED) is 0.768. The van der Waals surface area contributed by atoms with Gasteiger partial charge in [0.15, 0.2) is 0 Å². The summed E-state index contributed by atoms with van der Waals surface area (Å²) in [5, 5.41) is -0.0857. The fourth-order valence-corrected chi connectivity index (χ4v) is 3.43. The number of fused-ring (bicyclic) bond motifs is 1. The van der Waals surface area contributed by atoms with Crippen molar-refractivity contribution in [2.24, 2.45) is 0 Å². The lowest BCUT2D eigenvalue weighted by atomic mass is 9.74. The van der Waals surface area contributed by atoms with Crippen LogP contribution in [0.25, 0.3) is 11.0 Å². The summed E-state index contributed by atoms with van der Waals surface area (Å²) in [4.78, 5) is 4.76. The summed E-state index contributed by atoms with van der Waals surface area (Å²) in [7, 11) is 1.70. The number of ether oxygens (including phenoxy) is 1. The zero-order valence-corrected chi connectivity index (χ0v) is 13.1. The average molecular weight is 293 g/mol. The van der Waals surface area contributed by atoms with Gasteiger partial charge in [0.2, 0.25) is 0 Å². The predicted octanol–water partition coefficient (Wildman–Crippen LogP) is 4.63. The molecule has 2 aromatic rings. The van der Waals surface area contributed by atoms with Gasteiger partial charge in [-0.25, -0.2) is 4.98 Å². The summed E-state index contributed by atoms with van der Waals surface area (Å²) in [6, 6.07) is 6.07. The second-order valence-corrected chi connectivity index (χ2v) is 6.36. The largest absolute Gasteiger partial charge is 0.497 e. The molecular weight excluding hydrogens is 272 g/mol. The molecule has 20 heavy (non-hydrogen) atoms. The Morgan fingerprint density at radius 1 is 1.45 bits per heavy atom. The van der Waals surface area contributed by atoms with Gasteiger partial charge in [-0.1, -0.05) is 6.92 Å². The van der Waals surface area contributed by atoms with Crippen LogP contribution in [0.4, 0.5) is 0 Å². The molecule has 1 unspecified atom stereocenters. The number of aromatic nitrogens is 2. The highest BCUT2D eigenvalue weighted by atomic mass is 35.5. The topological polar surface area (TPSA) is 27.1 Å². The SMILES string of the molecule is CCC1(n2c(C(C)Cl)nc3ccc(OC)cc32)CCC1. The van der Waals surface area contributed by atoms with Crippen molar-refractivity contribution in [1.29, 1.82) is 0 Å². The fraction of sp³-hybridized carbons (Fsp3) is 0.562. The summed E-state index contributed by atoms with van der Waals surface area (Å²) >= 11 is 6.38. The van der Waals surface area contributed by atoms with Gasteiger partial charge in [0.05, 0.1) is 23.5 Å². The third kappa shape index (κ3) is 1.91. The van der Waals surface area contributed by atoms with Crippen LogP contribution in [0.3, 0.4) is 0 Å². The molecule has 0 saturated heterocycles. The highest BCUT2D eigenvalue weighted by molar-refractivity contribution is 6.20. The molecular formula is C16H21ClN2O. The average Bonchev–Trinajstić information content (AvgIpc) is 2.78. The van der Waals surface area contributed by atoms with E-state index in [-0.39, 0.29) is 10.9 Å². The molecule has 1 aromatic carbocycles. The summed E-state index contributed by atoms with van der Waals surface area (Å²) in [6.07, 6.45) is 4.82. The Bertz CT molecular complexity index is 623. The van der Waals surface area contributed by atoms with E-state index in [9.17, 15) is 0 Å². The van der Waals surface area contributed by atoms with Crippen LogP contribution in [0.1, 0.15) is 50.7 Å². The van der Waals surface area contributed by atoms with Crippen molar-refractivity contribution in [1.82, 2.24) is 9.55 Å². The van der Waals surface area contributed by atoms with Crippen molar-refractivity contribution in [3.63, 3.8) is 0 Å². The first-order valence-corrected chi connectivity index (χ1v) is 7.76. The van der Waals surface area contributed by atoms with Gasteiger partial charge >= 0.3 is 0 Å². The first kappa shape index (κ1) is 13.7. The minimum Gasteiger partial charge on any atom is -0.497 e. The van der Waals surface area contributed by atoms with E-state index in [1.165, 1.54) is 19.3 Å². The van der Waals surface area contributed by atoms with Crippen LogP contribution in [-0.2, 0) is 5.54 Å². The number of imidazole rings is 1. The minimum atomic E-state index is -0.0857.